The van der Waals surface area contributed by atoms with Crippen LogP contribution in [0.25, 0.3) is 10.9 Å². The van der Waals surface area contributed by atoms with E-state index >= 15 is 0 Å². The number of methoxy groups -OCH3 is 2. The summed E-state index contributed by atoms with van der Waals surface area (Å²) in [5, 5.41) is 15.3. The number of nitro groups is 1. The number of nitrogens with zero attached hydrogens (tertiary/aromatic N) is 2. The fraction of sp³-hybridized carbons (Fsp3) is 0.348. The number of ether oxygens (including phenoxy) is 3. The van der Waals surface area contributed by atoms with Gasteiger partial charge in [0.2, 0.25) is 0 Å². The molecule has 1 amide bonds. The van der Waals surface area contributed by atoms with Crippen molar-refractivity contribution in [1.82, 2.24) is 4.57 Å². The van der Waals surface area contributed by atoms with Gasteiger partial charge < -0.3 is 24.1 Å². The highest BCUT2D eigenvalue weighted by Crippen LogP contribution is 2.35. The summed E-state index contributed by atoms with van der Waals surface area (Å²) >= 11 is 0. The third-order valence-corrected chi connectivity index (χ3v) is 4.86. The minimum absolute atomic E-state index is 0.122. The van der Waals surface area contributed by atoms with Crippen LogP contribution in [-0.4, -0.2) is 42.8 Å². The molecule has 9 nitrogen and oxygen atoms in total. The highest BCUT2D eigenvalue weighted by Gasteiger charge is 2.25. The molecule has 1 N–H and O–H groups in total. The van der Waals surface area contributed by atoms with Crippen LogP contribution in [-0.2, 0) is 11.3 Å². The van der Waals surface area contributed by atoms with Crippen LogP contribution in [0.2, 0.25) is 0 Å². The summed E-state index contributed by atoms with van der Waals surface area (Å²) in [4.78, 5) is 23.9. The molecule has 32 heavy (non-hydrogen) atoms. The third kappa shape index (κ3) is 5.17. The Labute approximate surface area is 186 Å². The van der Waals surface area contributed by atoms with Gasteiger partial charge in [0, 0.05) is 42.5 Å². The molecule has 0 aliphatic heterocycles. The Morgan fingerprint density at radius 2 is 1.91 bits per heavy atom. The number of aromatic nitrogens is 1. The molecule has 3 rings (SSSR count). The molecule has 2 aromatic carbocycles. The Kier molecular flexibility index (Phi) is 7.32. The summed E-state index contributed by atoms with van der Waals surface area (Å²) in [6.45, 7) is 5.68. The van der Waals surface area contributed by atoms with Crippen LogP contribution in [0.5, 0.6) is 11.5 Å². The van der Waals surface area contributed by atoms with E-state index in [0.717, 1.165) is 17.4 Å². The summed E-state index contributed by atoms with van der Waals surface area (Å²) in [7, 11) is 2.93. The van der Waals surface area contributed by atoms with E-state index in [-0.39, 0.29) is 29.4 Å². The van der Waals surface area contributed by atoms with Crippen LogP contribution in [0.1, 0.15) is 24.2 Å². The van der Waals surface area contributed by atoms with Crippen molar-refractivity contribution in [2.24, 2.45) is 5.92 Å². The van der Waals surface area contributed by atoms with Crippen LogP contribution in [0.3, 0.4) is 0 Å². The smallest absolute Gasteiger partial charge is 0.286 e. The van der Waals surface area contributed by atoms with Crippen LogP contribution in [0, 0.1) is 16.0 Å². The van der Waals surface area contributed by atoms with Crippen molar-refractivity contribution >= 4 is 28.2 Å². The lowest BCUT2D eigenvalue weighted by Gasteiger charge is -2.13. The Hall–Kier alpha value is -3.59. The maximum atomic E-state index is 12.9. The summed E-state index contributed by atoms with van der Waals surface area (Å²) < 4.78 is 17.9. The lowest BCUT2D eigenvalue weighted by molar-refractivity contribution is -0.385. The largest absolute Gasteiger partial charge is 0.493 e. The summed E-state index contributed by atoms with van der Waals surface area (Å²) in [6.07, 6.45) is 2.01. The van der Waals surface area contributed by atoms with Gasteiger partial charge in [-0.2, -0.15) is 0 Å². The van der Waals surface area contributed by atoms with E-state index in [9.17, 15) is 14.9 Å². The fourth-order valence-corrected chi connectivity index (χ4v) is 3.42. The number of carbonyl (C=O) groups is 1. The van der Waals surface area contributed by atoms with E-state index in [1.165, 1.54) is 26.4 Å². The van der Waals surface area contributed by atoms with Crippen LogP contribution in [0.15, 0.2) is 42.6 Å². The van der Waals surface area contributed by atoms with Crippen LogP contribution in [0.4, 0.5) is 11.4 Å². The van der Waals surface area contributed by atoms with Crippen molar-refractivity contribution in [3.63, 3.8) is 0 Å². The molecule has 3 aromatic rings. The molecule has 0 unspecified atom stereocenters. The molecule has 0 aliphatic rings. The number of anilines is 1. The van der Waals surface area contributed by atoms with Gasteiger partial charge >= 0.3 is 0 Å². The number of hydrogen-bond acceptors (Lipinski definition) is 6. The first-order valence-electron chi connectivity index (χ1n) is 10.2. The molecule has 1 aromatic heterocycles. The number of rotatable bonds is 10. The molecule has 0 fully saturated rings. The minimum atomic E-state index is -0.618. The topological polar surface area (TPSA) is 105 Å². The zero-order valence-corrected chi connectivity index (χ0v) is 18.6. The first kappa shape index (κ1) is 23.1. The molecule has 170 valence electrons. The van der Waals surface area contributed by atoms with E-state index in [1.54, 1.807) is 6.07 Å². The Morgan fingerprint density at radius 1 is 1.12 bits per heavy atom. The lowest BCUT2D eigenvalue weighted by atomic mass is 10.1. The van der Waals surface area contributed by atoms with Gasteiger partial charge in [-0.15, -0.1) is 0 Å². The zero-order valence-electron chi connectivity index (χ0n) is 18.6. The van der Waals surface area contributed by atoms with Gasteiger partial charge in [0.25, 0.3) is 11.6 Å². The standard InChI is InChI=1S/C23H27N3O6/c1-15(2)14-25-8-7-16-11-17(5-6-19(16)25)24-23(27)18-12-21(31-4)22(32-10-9-30-3)13-20(18)26(28)29/h5-8,11-13,15H,9-10,14H2,1-4H3,(H,24,27). The second-order valence-corrected chi connectivity index (χ2v) is 7.71. The normalized spacial score (nSPS) is 11.0. The highest BCUT2D eigenvalue weighted by molar-refractivity contribution is 6.08. The van der Waals surface area contributed by atoms with E-state index < -0.39 is 10.8 Å². The number of benzene rings is 2. The predicted octanol–water partition coefficient (Wildman–Crippen LogP) is 4.49. The molecule has 0 atom stereocenters. The maximum Gasteiger partial charge on any atom is 0.286 e. The van der Waals surface area contributed by atoms with Gasteiger partial charge in [0.15, 0.2) is 11.5 Å². The summed E-state index contributed by atoms with van der Waals surface area (Å²) in [5.41, 5.74) is 1.10. The molecule has 0 radical (unpaired) electrons. The second-order valence-electron chi connectivity index (χ2n) is 7.71. The highest BCUT2D eigenvalue weighted by atomic mass is 16.6. The molecule has 9 heteroatoms. The summed E-state index contributed by atoms with van der Waals surface area (Å²) in [6, 6.07) is 10.0. The van der Waals surface area contributed by atoms with Crippen molar-refractivity contribution in [2.45, 2.75) is 20.4 Å². The Balaban J connectivity index is 1.88. The lowest BCUT2D eigenvalue weighted by Crippen LogP contribution is -2.15. The van der Waals surface area contributed by atoms with Gasteiger partial charge in [0.1, 0.15) is 12.2 Å². The molecule has 0 saturated heterocycles. The number of amides is 1. The first-order valence-corrected chi connectivity index (χ1v) is 10.2. The van der Waals surface area contributed by atoms with E-state index in [2.05, 4.69) is 23.7 Å². The number of nitrogens with one attached hydrogen (secondary N) is 1. The molecule has 1 heterocycles. The van der Waals surface area contributed by atoms with E-state index in [4.69, 9.17) is 14.2 Å². The van der Waals surface area contributed by atoms with Crippen molar-refractivity contribution in [1.29, 1.82) is 0 Å². The fourth-order valence-electron chi connectivity index (χ4n) is 3.42. The van der Waals surface area contributed by atoms with Crippen LogP contribution >= 0.6 is 0 Å². The van der Waals surface area contributed by atoms with Gasteiger partial charge in [-0.3, -0.25) is 14.9 Å². The number of carbonyl (C=O) groups excluding carboxylic acids is 1. The van der Waals surface area contributed by atoms with Crippen molar-refractivity contribution in [2.75, 3.05) is 32.8 Å². The zero-order chi connectivity index (χ0) is 23.3. The quantitative estimate of drug-likeness (QED) is 0.282. The molecular formula is C23H27N3O6. The Bertz CT molecular complexity index is 1120. The van der Waals surface area contributed by atoms with Gasteiger partial charge in [-0.1, -0.05) is 13.8 Å². The van der Waals surface area contributed by atoms with Crippen LogP contribution < -0.4 is 14.8 Å². The molecule has 0 bridgehead atoms. The van der Waals surface area contributed by atoms with Gasteiger partial charge in [0.05, 0.1) is 24.7 Å². The van der Waals surface area contributed by atoms with Gasteiger partial charge in [-0.25, -0.2) is 0 Å². The molecule has 0 saturated carbocycles. The van der Waals surface area contributed by atoms with E-state index in [0.29, 0.717) is 18.2 Å². The maximum absolute atomic E-state index is 12.9. The average molecular weight is 441 g/mol. The average Bonchev–Trinajstić information content (AvgIpc) is 3.14. The SMILES string of the molecule is COCCOc1cc([N+](=O)[O-])c(C(=O)Nc2ccc3c(ccn3CC(C)C)c2)cc1OC. The van der Waals surface area contributed by atoms with Crippen molar-refractivity contribution in [3.05, 3.63) is 58.3 Å². The van der Waals surface area contributed by atoms with Gasteiger partial charge in [-0.05, 0) is 30.2 Å². The monoisotopic (exact) mass is 441 g/mol. The van der Waals surface area contributed by atoms with Crippen molar-refractivity contribution < 1.29 is 23.9 Å². The minimum Gasteiger partial charge on any atom is -0.493 e. The number of hydrogen-bond donors (Lipinski definition) is 1. The molecular weight excluding hydrogens is 414 g/mol. The molecule has 0 aliphatic carbocycles. The molecule has 0 spiro atoms. The first-order chi connectivity index (χ1) is 15.3. The summed E-state index contributed by atoms with van der Waals surface area (Å²) in [5.74, 6) is 0.278. The number of fused-ring (bicyclic) bond motifs is 1. The Morgan fingerprint density at radius 3 is 2.56 bits per heavy atom. The second kappa shape index (κ2) is 10.1. The third-order valence-electron chi connectivity index (χ3n) is 4.86. The number of nitro benzene ring substituents is 1. The van der Waals surface area contributed by atoms with E-state index in [1.807, 2.05) is 24.4 Å². The predicted molar refractivity (Wildman–Crippen MR) is 122 cm³/mol. The van der Waals surface area contributed by atoms with Crippen molar-refractivity contribution in [3.8, 4) is 11.5 Å².